The highest BCUT2D eigenvalue weighted by molar-refractivity contribution is 6.31. The Morgan fingerprint density at radius 1 is 1.15 bits per heavy atom. The Bertz CT molecular complexity index is 1540. The van der Waals surface area contributed by atoms with E-state index in [9.17, 15) is 5.26 Å². The smallest absolute Gasteiger partial charge is 0.181 e. The first-order valence-corrected chi connectivity index (χ1v) is 11.5. The van der Waals surface area contributed by atoms with Crippen LogP contribution in [0.3, 0.4) is 0 Å². The Hall–Kier alpha value is -3.93. The molecule has 0 atom stereocenters. The van der Waals surface area contributed by atoms with Crippen LogP contribution in [0.5, 0.6) is 0 Å². The minimum Gasteiger partial charge on any atom is -0.363 e. The van der Waals surface area contributed by atoms with E-state index in [0.29, 0.717) is 35.1 Å². The predicted molar refractivity (Wildman–Crippen MR) is 131 cm³/mol. The van der Waals surface area contributed by atoms with Crippen LogP contribution in [0.4, 0.5) is 5.82 Å². The first kappa shape index (κ1) is 20.7. The van der Waals surface area contributed by atoms with Crippen LogP contribution in [-0.2, 0) is 13.1 Å². The summed E-state index contributed by atoms with van der Waals surface area (Å²) in [6, 6.07) is 14.5. The van der Waals surface area contributed by atoms with E-state index in [0.717, 1.165) is 39.5 Å². The molecule has 1 aliphatic carbocycles. The number of halogens is 1. The quantitative estimate of drug-likeness (QED) is 0.320. The molecule has 8 nitrogen and oxygen atoms in total. The summed E-state index contributed by atoms with van der Waals surface area (Å²) < 4.78 is 2.06. The van der Waals surface area contributed by atoms with E-state index in [1.54, 1.807) is 18.3 Å². The van der Waals surface area contributed by atoms with Gasteiger partial charge in [-0.1, -0.05) is 23.7 Å². The zero-order valence-electron chi connectivity index (χ0n) is 18.2. The van der Waals surface area contributed by atoms with Crippen molar-refractivity contribution in [2.24, 2.45) is 0 Å². The summed E-state index contributed by atoms with van der Waals surface area (Å²) in [5, 5.41) is 23.8. The molecule has 3 N–H and O–H groups in total. The van der Waals surface area contributed by atoms with Gasteiger partial charge in [-0.25, -0.2) is 9.97 Å². The third-order valence-corrected chi connectivity index (χ3v) is 6.43. The third-order valence-electron chi connectivity index (χ3n) is 6.07. The maximum Gasteiger partial charge on any atom is 0.181 e. The zero-order chi connectivity index (χ0) is 23.1. The SMILES string of the molecule is N#Cc1ccc2c(c1)nc(NCc1cn[nH]c1)c1ncc(-c3ccc(CNC4CC4)c(Cl)c3)n12. The molecule has 3 aromatic heterocycles. The van der Waals surface area contributed by atoms with Gasteiger partial charge >= 0.3 is 0 Å². The molecule has 0 spiro atoms. The normalized spacial score (nSPS) is 13.4. The van der Waals surface area contributed by atoms with Crippen molar-refractivity contribution in [1.82, 2.24) is 29.9 Å². The van der Waals surface area contributed by atoms with Crippen molar-refractivity contribution in [1.29, 1.82) is 5.26 Å². The monoisotopic (exact) mass is 468 g/mol. The molecular weight excluding hydrogens is 448 g/mol. The van der Waals surface area contributed by atoms with Crippen LogP contribution < -0.4 is 10.6 Å². The lowest BCUT2D eigenvalue weighted by molar-refractivity contribution is 0.688. The van der Waals surface area contributed by atoms with E-state index in [4.69, 9.17) is 21.6 Å². The van der Waals surface area contributed by atoms with Gasteiger partial charge in [0.15, 0.2) is 11.5 Å². The Labute approximate surface area is 200 Å². The van der Waals surface area contributed by atoms with Crippen molar-refractivity contribution in [2.45, 2.75) is 32.0 Å². The standard InChI is InChI=1S/C25H21ClN8/c26-20-8-17(2-3-18(20)13-28-19-4-5-19)23-14-30-25-24(29-10-16-11-31-32-12-16)33-21-7-15(9-27)1-6-22(21)34(23)25/h1-3,6-8,11-12,14,19,28H,4-5,10,13H2,(H,29,33)(H,31,32). The number of H-pyrrole nitrogens is 1. The number of nitrogens with zero attached hydrogens (tertiary/aromatic N) is 5. The van der Waals surface area contributed by atoms with Gasteiger partial charge in [0.1, 0.15) is 0 Å². The van der Waals surface area contributed by atoms with Crippen molar-refractivity contribution in [3.05, 3.63) is 76.7 Å². The molecule has 6 rings (SSSR count). The second-order valence-electron chi connectivity index (χ2n) is 8.50. The Balaban J connectivity index is 1.45. The first-order valence-electron chi connectivity index (χ1n) is 11.1. The lowest BCUT2D eigenvalue weighted by Gasteiger charge is -2.12. The van der Waals surface area contributed by atoms with Crippen LogP contribution >= 0.6 is 11.6 Å². The second-order valence-corrected chi connectivity index (χ2v) is 8.91. The van der Waals surface area contributed by atoms with Gasteiger partial charge in [0, 0.05) is 41.5 Å². The molecule has 0 amide bonds. The van der Waals surface area contributed by atoms with Crippen molar-refractivity contribution < 1.29 is 0 Å². The Morgan fingerprint density at radius 2 is 2.06 bits per heavy atom. The number of nitrogens with one attached hydrogen (secondary N) is 3. The van der Waals surface area contributed by atoms with Crippen molar-refractivity contribution in [2.75, 3.05) is 5.32 Å². The number of rotatable bonds is 7. The van der Waals surface area contributed by atoms with Crippen LogP contribution in [0.2, 0.25) is 5.02 Å². The van der Waals surface area contributed by atoms with Crippen molar-refractivity contribution >= 4 is 34.1 Å². The van der Waals surface area contributed by atoms with E-state index >= 15 is 0 Å². The zero-order valence-corrected chi connectivity index (χ0v) is 19.0. The third kappa shape index (κ3) is 3.85. The molecule has 0 aliphatic heterocycles. The molecule has 0 bridgehead atoms. The van der Waals surface area contributed by atoms with Gasteiger partial charge in [0.05, 0.1) is 40.8 Å². The van der Waals surface area contributed by atoms with E-state index in [-0.39, 0.29) is 0 Å². The molecule has 34 heavy (non-hydrogen) atoms. The fourth-order valence-electron chi connectivity index (χ4n) is 4.08. The second kappa shape index (κ2) is 8.45. The van der Waals surface area contributed by atoms with Crippen LogP contribution in [0.25, 0.3) is 27.9 Å². The number of fused-ring (bicyclic) bond motifs is 3. The van der Waals surface area contributed by atoms with Gasteiger partial charge in [-0.2, -0.15) is 10.4 Å². The van der Waals surface area contributed by atoms with Gasteiger partial charge in [0.2, 0.25) is 0 Å². The number of imidazole rings is 1. The van der Waals surface area contributed by atoms with Gasteiger partial charge in [-0.05, 0) is 42.7 Å². The maximum absolute atomic E-state index is 9.40. The first-order chi connectivity index (χ1) is 16.7. The largest absolute Gasteiger partial charge is 0.363 e. The van der Waals surface area contributed by atoms with E-state index in [1.165, 1.54) is 12.8 Å². The molecule has 1 fully saturated rings. The summed E-state index contributed by atoms with van der Waals surface area (Å²) in [7, 11) is 0. The van der Waals surface area contributed by atoms with Gasteiger partial charge in [-0.3, -0.25) is 9.50 Å². The number of anilines is 1. The van der Waals surface area contributed by atoms with Crippen LogP contribution in [0.15, 0.2) is 55.0 Å². The summed E-state index contributed by atoms with van der Waals surface area (Å²) in [5.41, 5.74) is 6.78. The van der Waals surface area contributed by atoms with E-state index < -0.39 is 0 Å². The topological polar surface area (TPSA) is 107 Å². The highest BCUT2D eigenvalue weighted by Crippen LogP contribution is 2.31. The van der Waals surface area contributed by atoms with Crippen LogP contribution in [0, 0.1) is 11.3 Å². The molecule has 0 radical (unpaired) electrons. The molecule has 3 heterocycles. The molecule has 168 valence electrons. The minimum atomic E-state index is 0.541. The maximum atomic E-state index is 9.40. The number of benzene rings is 2. The Kier molecular flexibility index (Phi) is 5.13. The molecule has 1 aliphatic rings. The van der Waals surface area contributed by atoms with Gasteiger partial charge in [0.25, 0.3) is 0 Å². The average molecular weight is 469 g/mol. The minimum absolute atomic E-state index is 0.541. The van der Waals surface area contributed by atoms with E-state index in [2.05, 4.69) is 43.4 Å². The van der Waals surface area contributed by atoms with Crippen molar-refractivity contribution in [3.63, 3.8) is 0 Å². The van der Waals surface area contributed by atoms with Gasteiger partial charge in [-0.15, -0.1) is 0 Å². The fourth-order valence-corrected chi connectivity index (χ4v) is 4.33. The average Bonchev–Trinajstić information content (AvgIpc) is 3.34. The Morgan fingerprint density at radius 3 is 2.82 bits per heavy atom. The van der Waals surface area contributed by atoms with Crippen LogP contribution in [-0.4, -0.2) is 30.6 Å². The van der Waals surface area contributed by atoms with Gasteiger partial charge < -0.3 is 10.6 Å². The molecule has 2 aromatic carbocycles. The number of hydrogen-bond acceptors (Lipinski definition) is 6. The highest BCUT2D eigenvalue weighted by Gasteiger charge is 2.21. The number of aromatic amines is 1. The molecular formula is C25H21ClN8. The summed E-state index contributed by atoms with van der Waals surface area (Å²) in [6.07, 6.45) is 7.91. The number of hydrogen-bond donors (Lipinski definition) is 3. The lowest BCUT2D eigenvalue weighted by Crippen LogP contribution is -2.15. The van der Waals surface area contributed by atoms with Crippen LogP contribution in [0.1, 0.15) is 29.5 Å². The number of nitriles is 1. The fraction of sp³-hybridized carbons (Fsp3) is 0.200. The summed E-state index contributed by atoms with van der Waals surface area (Å²) in [6.45, 7) is 1.31. The number of aromatic nitrogens is 5. The molecule has 5 aromatic rings. The molecule has 9 heteroatoms. The summed E-state index contributed by atoms with van der Waals surface area (Å²) in [5.74, 6) is 0.631. The molecule has 0 saturated heterocycles. The molecule has 0 unspecified atom stereocenters. The molecule has 1 saturated carbocycles. The summed E-state index contributed by atoms with van der Waals surface area (Å²) >= 11 is 6.66. The predicted octanol–water partition coefficient (Wildman–Crippen LogP) is 4.66. The highest BCUT2D eigenvalue weighted by atomic mass is 35.5. The lowest BCUT2D eigenvalue weighted by atomic mass is 10.1. The van der Waals surface area contributed by atoms with E-state index in [1.807, 2.05) is 24.5 Å². The summed E-state index contributed by atoms with van der Waals surface area (Å²) in [4.78, 5) is 9.49. The van der Waals surface area contributed by atoms with Crippen molar-refractivity contribution in [3.8, 4) is 17.3 Å².